The van der Waals surface area contributed by atoms with Gasteiger partial charge in [0.2, 0.25) is 11.8 Å². The third kappa shape index (κ3) is 3.40. The van der Waals surface area contributed by atoms with Crippen molar-refractivity contribution < 1.29 is 9.59 Å². The maximum atomic E-state index is 12.2. The molecule has 1 saturated heterocycles. The summed E-state index contributed by atoms with van der Waals surface area (Å²) in [5.41, 5.74) is 1.49. The molecular weight excluding hydrogens is 320 g/mol. The molecule has 1 atom stereocenters. The Hall–Kier alpha value is -2.70. The molecule has 2 aromatic rings. The summed E-state index contributed by atoms with van der Waals surface area (Å²) in [4.78, 5) is 45.1. The molecule has 0 spiro atoms. The fourth-order valence-electron chi connectivity index (χ4n) is 3.34. The summed E-state index contributed by atoms with van der Waals surface area (Å²) < 4.78 is 0. The van der Waals surface area contributed by atoms with E-state index in [-0.39, 0.29) is 36.3 Å². The van der Waals surface area contributed by atoms with Crippen molar-refractivity contribution in [2.24, 2.45) is 0 Å². The number of likely N-dealkylation sites (tertiary alicyclic amines) is 1. The highest BCUT2D eigenvalue weighted by Gasteiger charge is 2.39. The second-order valence-electron chi connectivity index (χ2n) is 6.78. The van der Waals surface area contributed by atoms with Gasteiger partial charge in [-0.25, -0.2) is 4.98 Å². The molecule has 7 heteroatoms. The summed E-state index contributed by atoms with van der Waals surface area (Å²) in [5.74, 6) is -0.0229. The largest absolute Gasteiger partial charge is 0.351 e. The molecule has 2 amide bonds. The Bertz CT molecular complexity index is 887. The van der Waals surface area contributed by atoms with Crippen LogP contribution in [-0.4, -0.2) is 45.3 Å². The van der Waals surface area contributed by atoms with E-state index in [1.165, 1.54) is 0 Å². The van der Waals surface area contributed by atoms with Crippen LogP contribution >= 0.6 is 0 Å². The van der Waals surface area contributed by atoms with E-state index in [0.29, 0.717) is 35.7 Å². The zero-order valence-corrected chi connectivity index (χ0v) is 13.8. The standard InChI is InChI=1S/C18H20N4O3/c23-16(19-11-9-17(24)22(10-11)12-5-6-12)8-7-15-18(25)21-14-4-2-1-3-13(14)20-15/h1-4,11-12H,5-10H2,(H,19,23)(H,21,25). The number of benzene rings is 1. The molecular formula is C18H20N4O3. The predicted octanol–water partition coefficient (Wildman–Crippen LogP) is 0.735. The number of amides is 2. The van der Waals surface area contributed by atoms with Gasteiger partial charge in [-0.15, -0.1) is 0 Å². The highest BCUT2D eigenvalue weighted by molar-refractivity contribution is 5.82. The van der Waals surface area contributed by atoms with Gasteiger partial charge < -0.3 is 15.2 Å². The van der Waals surface area contributed by atoms with Crippen molar-refractivity contribution in [2.45, 2.75) is 44.2 Å². The van der Waals surface area contributed by atoms with Gasteiger partial charge in [-0.05, 0) is 25.0 Å². The summed E-state index contributed by atoms with van der Waals surface area (Å²) in [6.07, 6.45) is 2.98. The predicted molar refractivity (Wildman–Crippen MR) is 92.0 cm³/mol. The molecule has 130 valence electrons. The van der Waals surface area contributed by atoms with Crippen molar-refractivity contribution in [3.63, 3.8) is 0 Å². The molecule has 1 saturated carbocycles. The molecule has 2 heterocycles. The first-order chi connectivity index (χ1) is 12.1. The number of para-hydroxylation sites is 2. The van der Waals surface area contributed by atoms with Crippen molar-refractivity contribution in [1.82, 2.24) is 20.2 Å². The zero-order chi connectivity index (χ0) is 17.4. The van der Waals surface area contributed by atoms with E-state index < -0.39 is 0 Å². The summed E-state index contributed by atoms with van der Waals surface area (Å²) in [5, 5.41) is 2.91. The van der Waals surface area contributed by atoms with E-state index in [0.717, 1.165) is 12.8 Å². The number of rotatable bonds is 5. The Kier molecular flexibility index (Phi) is 3.99. The monoisotopic (exact) mass is 340 g/mol. The number of aryl methyl sites for hydroxylation is 1. The molecule has 1 aliphatic carbocycles. The van der Waals surface area contributed by atoms with Crippen LogP contribution in [0.5, 0.6) is 0 Å². The molecule has 2 fully saturated rings. The summed E-state index contributed by atoms with van der Waals surface area (Å²) in [6.45, 7) is 0.601. The van der Waals surface area contributed by atoms with Gasteiger partial charge in [0, 0.05) is 31.8 Å². The molecule has 0 bridgehead atoms. The van der Waals surface area contributed by atoms with Crippen LogP contribution in [0.2, 0.25) is 0 Å². The maximum absolute atomic E-state index is 12.2. The van der Waals surface area contributed by atoms with Gasteiger partial charge in [-0.2, -0.15) is 0 Å². The minimum absolute atomic E-state index is 0.122. The smallest absolute Gasteiger partial charge is 0.270 e. The number of carbonyl (C=O) groups excluding carboxylic acids is 2. The third-order valence-electron chi connectivity index (χ3n) is 4.77. The lowest BCUT2D eigenvalue weighted by molar-refractivity contribution is -0.128. The van der Waals surface area contributed by atoms with Gasteiger partial charge in [0.25, 0.3) is 5.56 Å². The van der Waals surface area contributed by atoms with Crippen LogP contribution in [-0.2, 0) is 16.0 Å². The van der Waals surface area contributed by atoms with Crippen molar-refractivity contribution >= 4 is 22.8 Å². The number of H-pyrrole nitrogens is 1. The van der Waals surface area contributed by atoms with Gasteiger partial charge in [-0.1, -0.05) is 12.1 Å². The Balaban J connectivity index is 1.35. The van der Waals surface area contributed by atoms with Crippen LogP contribution in [0.4, 0.5) is 0 Å². The van der Waals surface area contributed by atoms with Crippen LogP contribution in [0.15, 0.2) is 29.1 Å². The lowest BCUT2D eigenvalue weighted by Gasteiger charge is -2.16. The van der Waals surface area contributed by atoms with E-state index in [1.54, 1.807) is 6.07 Å². The van der Waals surface area contributed by atoms with E-state index in [9.17, 15) is 14.4 Å². The fraction of sp³-hybridized carbons (Fsp3) is 0.444. The number of aromatic nitrogens is 2. The summed E-state index contributed by atoms with van der Waals surface area (Å²) >= 11 is 0. The molecule has 1 aliphatic heterocycles. The summed E-state index contributed by atoms with van der Waals surface area (Å²) in [6, 6.07) is 7.57. The van der Waals surface area contributed by atoms with E-state index >= 15 is 0 Å². The van der Waals surface area contributed by atoms with Crippen LogP contribution < -0.4 is 10.9 Å². The Morgan fingerprint density at radius 1 is 1.28 bits per heavy atom. The number of nitrogens with one attached hydrogen (secondary N) is 2. The van der Waals surface area contributed by atoms with Crippen molar-refractivity contribution in [3.8, 4) is 0 Å². The topological polar surface area (TPSA) is 95.2 Å². The molecule has 7 nitrogen and oxygen atoms in total. The average molecular weight is 340 g/mol. The first kappa shape index (κ1) is 15.8. The number of hydrogen-bond acceptors (Lipinski definition) is 4. The fourth-order valence-corrected chi connectivity index (χ4v) is 3.34. The molecule has 1 aromatic carbocycles. The number of aromatic amines is 1. The van der Waals surface area contributed by atoms with Crippen LogP contribution in [0.3, 0.4) is 0 Å². The minimum atomic E-state index is -0.262. The lowest BCUT2D eigenvalue weighted by Crippen LogP contribution is -2.37. The van der Waals surface area contributed by atoms with E-state index in [4.69, 9.17) is 0 Å². The van der Waals surface area contributed by atoms with Crippen LogP contribution in [0, 0.1) is 0 Å². The molecule has 1 aromatic heterocycles. The second kappa shape index (κ2) is 6.31. The molecule has 0 radical (unpaired) electrons. The molecule has 2 N–H and O–H groups in total. The quantitative estimate of drug-likeness (QED) is 0.839. The number of carbonyl (C=O) groups is 2. The Labute approximate surface area is 144 Å². The van der Waals surface area contributed by atoms with Crippen molar-refractivity contribution in [3.05, 3.63) is 40.3 Å². The Morgan fingerprint density at radius 3 is 2.88 bits per heavy atom. The van der Waals surface area contributed by atoms with Gasteiger partial charge in [-0.3, -0.25) is 14.4 Å². The van der Waals surface area contributed by atoms with Gasteiger partial charge in [0.1, 0.15) is 5.69 Å². The van der Waals surface area contributed by atoms with Crippen LogP contribution in [0.1, 0.15) is 31.4 Å². The lowest BCUT2D eigenvalue weighted by atomic mass is 10.2. The highest BCUT2D eigenvalue weighted by Crippen LogP contribution is 2.30. The maximum Gasteiger partial charge on any atom is 0.270 e. The SMILES string of the molecule is O=C(CCc1nc2ccccc2[nH]c1=O)NC1CC(=O)N(C2CC2)C1. The normalized spacial score (nSPS) is 20.2. The average Bonchev–Trinajstić information content (AvgIpc) is 3.36. The van der Waals surface area contributed by atoms with Gasteiger partial charge >= 0.3 is 0 Å². The van der Waals surface area contributed by atoms with Gasteiger partial charge in [0.05, 0.1) is 17.1 Å². The first-order valence-corrected chi connectivity index (χ1v) is 8.67. The van der Waals surface area contributed by atoms with Crippen molar-refractivity contribution in [2.75, 3.05) is 6.54 Å². The highest BCUT2D eigenvalue weighted by atomic mass is 16.2. The molecule has 2 aliphatic rings. The second-order valence-corrected chi connectivity index (χ2v) is 6.78. The third-order valence-corrected chi connectivity index (χ3v) is 4.77. The van der Waals surface area contributed by atoms with E-state index in [1.807, 2.05) is 23.1 Å². The van der Waals surface area contributed by atoms with Crippen molar-refractivity contribution in [1.29, 1.82) is 0 Å². The first-order valence-electron chi connectivity index (χ1n) is 8.67. The molecule has 25 heavy (non-hydrogen) atoms. The molecule has 4 rings (SSSR count). The van der Waals surface area contributed by atoms with Gasteiger partial charge in [0.15, 0.2) is 0 Å². The minimum Gasteiger partial charge on any atom is -0.351 e. The summed E-state index contributed by atoms with van der Waals surface area (Å²) in [7, 11) is 0. The van der Waals surface area contributed by atoms with Crippen LogP contribution in [0.25, 0.3) is 11.0 Å². The Morgan fingerprint density at radius 2 is 2.08 bits per heavy atom. The number of hydrogen-bond donors (Lipinski definition) is 2. The number of fused-ring (bicyclic) bond motifs is 1. The molecule has 1 unspecified atom stereocenters. The van der Waals surface area contributed by atoms with E-state index in [2.05, 4.69) is 15.3 Å². The number of nitrogens with zero attached hydrogens (tertiary/aromatic N) is 2. The zero-order valence-electron chi connectivity index (χ0n) is 13.8.